The molecule has 1 saturated carbocycles. The monoisotopic (exact) mass is 284 g/mol. The highest BCUT2D eigenvalue weighted by molar-refractivity contribution is 5.81. The first kappa shape index (κ1) is 15.3. The summed E-state index contributed by atoms with van der Waals surface area (Å²) in [5.74, 6) is -0.535. The zero-order valence-corrected chi connectivity index (χ0v) is 11.9. The summed E-state index contributed by atoms with van der Waals surface area (Å²) in [4.78, 5) is 26.8. The fourth-order valence-electron chi connectivity index (χ4n) is 2.46. The molecule has 1 aliphatic heterocycles. The Morgan fingerprint density at radius 3 is 2.50 bits per heavy atom. The number of carboxylic acids is 1. The van der Waals surface area contributed by atoms with E-state index in [1.807, 2.05) is 0 Å². The Labute approximate surface area is 119 Å². The number of hydrogen-bond acceptors (Lipinski definition) is 4. The van der Waals surface area contributed by atoms with Crippen LogP contribution < -0.4 is 0 Å². The fraction of sp³-hybridized carbons (Fsp3) is 0.857. The third kappa shape index (κ3) is 5.09. The standard InChI is InChI=1S/C14H24N2O4/c17-13(18)4-7-16(14(19)12-2-3-12)6-1-5-15-8-10-20-11-9-15/h12H,1-11H2,(H,17,18). The van der Waals surface area contributed by atoms with Gasteiger partial charge in [0.2, 0.25) is 5.91 Å². The van der Waals surface area contributed by atoms with Crippen LogP contribution in [0, 0.1) is 5.92 Å². The molecule has 2 fully saturated rings. The zero-order chi connectivity index (χ0) is 14.4. The van der Waals surface area contributed by atoms with E-state index in [0.29, 0.717) is 13.1 Å². The molecule has 0 aromatic heterocycles. The van der Waals surface area contributed by atoms with Gasteiger partial charge in [-0.05, 0) is 19.3 Å². The summed E-state index contributed by atoms with van der Waals surface area (Å²) in [6, 6.07) is 0. The number of ether oxygens (including phenoxy) is 1. The van der Waals surface area contributed by atoms with Crippen molar-refractivity contribution >= 4 is 11.9 Å². The van der Waals surface area contributed by atoms with Crippen molar-refractivity contribution in [3.63, 3.8) is 0 Å². The minimum absolute atomic E-state index is 0.0377. The van der Waals surface area contributed by atoms with Gasteiger partial charge in [0.25, 0.3) is 0 Å². The van der Waals surface area contributed by atoms with Crippen LogP contribution in [0.3, 0.4) is 0 Å². The average Bonchev–Trinajstić information content (AvgIpc) is 3.27. The van der Waals surface area contributed by atoms with Crippen molar-refractivity contribution < 1.29 is 19.4 Å². The number of carboxylic acid groups (broad SMARTS) is 1. The molecule has 1 heterocycles. The number of aliphatic carboxylic acids is 1. The van der Waals surface area contributed by atoms with Crippen molar-refractivity contribution in [2.45, 2.75) is 25.7 Å². The van der Waals surface area contributed by atoms with Crippen molar-refractivity contribution in [1.82, 2.24) is 9.80 Å². The molecular weight excluding hydrogens is 260 g/mol. The van der Waals surface area contributed by atoms with Gasteiger partial charge in [-0.2, -0.15) is 0 Å². The minimum Gasteiger partial charge on any atom is -0.481 e. The Bertz CT molecular complexity index is 338. The van der Waals surface area contributed by atoms with Crippen LogP contribution in [-0.2, 0) is 14.3 Å². The fourth-order valence-corrected chi connectivity index (χ4v) is 2.46. The molecular formula is C14H24N2O4. The van der Waals surface area contributed by atoms with Crippen molar-refractivity contribution in [1.29, 1.82) is 0 Å². The molecule has 1 N–H and O–H groups in total. The first-order valence-electron chi connectivity index (χ1n) is 7.47. The first-order valence-corrected chi connectivity index (χ1v) is 7.47. The van der Waals surface area contributed by atoms with Gasteiger partial charge < -0.3 is 14.7 Å². The van der Waals surface area contributed by atoms with Crippen LogP contribution in [0.2, 0.25) is 0 Å². The van der Waals surface area contributed by atoms with Gasteiger partial charge in [0.1, 0.15) is 0 Å². The summed E-state index contributed by atoms with van der Waals surface area (Å²) in [5.41, 5.74) is 0. The second-order valence-electron chi connectivity index (χ2n) is 5.55. The molecule has 0 radical (unpaired) electrons. The Kier molecular flexibility index (Phi) is 5.79. The van der Waals surface area contributed by atoms with E-state index in [2.05, 4.69) is 4.90 Å². The smallest absolute Gasteiger partial charge is 0.305 e. The predicted octanol–water partition coefficient (Wildman–Crippen LogP) is 0.422. The Balaban J connectivity index is 1.71. The molecule has 114 valence electrons. The van der Waals surface area contributed by atoms with Crippen LogP contribution in [0.25, 0.3) is 0 Å². The van der Waals surface area contributed by atoms with Crippen molar-refractivity contribution in [2.24, 2.45) is 5.92 Å². The Hall–Kier alpha value is -1.14. The quantitative estimate of drug-likeness (QED) is 0.699. The Morgan fingerprint density at radius 1 is 1.20 bits per heavy atom. The minimum atomic E-state index is -0.841. The lowest BCUT2D eigenvalue weighted by Crippen LogP contribution is -2.40. The van der Waals surface area contributed by atoms with E-state index in [1.54, 1.807) is 4.90 Å². The van der Waals surface area contributed by atoms with E-state index in [9.17, 15) is 9.59 Å². The van der Waals surface area contributed by atoms with Crippen LogP contribution in [-0.4, -0.2) is 72.7 Å². The molecule has 6 nitrogen and oxygen atoms in total. The summed E-state index contributed by atoms with van der Waals surface area (Å²) in [6.45, 7) is 5.42. The molecule has 2 rings (SSSR count). The Morgan fingerprint density at radius 2 is 1.90 bits per heavy atom. The largest absolute Gasteiger partial charge is 0.481 e. The molecule has 0 atom stereocenters. The molecule has 0 unspecified atom stereocenters. The molecule has 0 aromatic carbocycles. The summed E-state index contributed by atoms with van der Waals surface area (Å²) in [7, 11) is 0. The van der Waals surface area contributed by atoms with Gasteiger partial charge in [0.15, 0.2) is 0 Å². The lowest BCUT2D eigenvalue weighted by Gasteiger charge is -2.28. The average molecular weight is 284 g/mol. The molecule has 1 saturated heterocycles. The van der Waals surface area contributed by atoms with Crippen LogP contribution in [0.1, 0.15) is 25.7 Å². The number of nitrogens with zero attached hydrogens (tertiary/aromatic N) is 2. The molecule has 0 aromatic rings. The first-order chi connectivity index (χ1) is 9.66. The summed E-state index contributed by atoms with van der Waals surface area (Å²) in [5, 5.41) is 8.77. The van der Waals surface area contributed by atoms with E-state index in [-0.39, 0.29) is 18.2 Å². The van der Waals surface area contributed by atoms with Gasteiger partial charge in [0, 0.05) is 38.6 Å². The highest BCUT2D eigenvalue weighted by Crippen LogP contribution is 2.31. The van der Waals surface area contributed by atoms with Gasteiger partial charge in [0.05, 0.1) is 19.6 Å². The maximum atomic E-state index is 12.1. The highest BCUT2D eigenvalue weighted by atomic mass is 16.5. The van der Waals surface area contributed by atoms with Gasteiger partial charge >= 0.3 is 5.97 Å². The predicted molar refractivity (Wildman–Crippen MR) is 73.4 cm³/mol. The summed E-state index contributed by atoms with van der Waals surface area (Å²) >= 11 is 0. The van der Waals surface area contributed by atoms with Crippen molar-refractivity contribution in [3.05, 3.63) is 0 Å². The number of carbonyl (C=O) groups is 2. The molecule has 2 aliphatic rings. The molecule has 0 spiro atoms. The van der Waals surface area contributed by atoms with E-state index < -0.39 is 5.97 Å². The molecule has 1 aliphatic carbocycles. The number of morpholine rings is 1. The van der Waals surface area contributed by atoms with Gasteiger partial charge in [-0.1, -0.05) is 0 Å². The summed E-state index contributed by atoms with van der Waals surface area (Å²) < 4.78 is 5.30. The van der Waals surface area contributed by atoms with Crippen LogP contribution in [0.15, 0.2) is 0 Å². The third-order valence-corrected chi connectivity index (χ3v) is 3.84. The second kappa shape index (κ2) is 7.59. The molecule has 20 heavy (non-hydrogen) atoms. The molecule has 6 heteroatoms. The SMILES string of the molecule is O=C(O)CCN(CCCN1CCOCC1)C(=O)C1CC1. The molecule has 0 bridgehead atoms. The van der Waals surface area contributed by atoms with Crippen LogP contribution >= 0.6 is 0 Å². The van der Waals surface area contributed by atoms with Crippen molar-refractivity contribution in [3.8, 4) is 0 Å². The van der Waals surface area contributed by atoms with Gasteiger partial charge in [-0.25, -0.2) is 0 Å². The normalized spacial score (nSPS) is 19.8. The highest BCUT2D eigenvalue weighted by Gasteiger charge is 2.33. The lowest BCUT2D eigenvalue weighted by molar-refractivity contribution is -0.138. The maximum absolute atomic E-state index is 12.1. The van der Waals surface area contributed by atoms with E-state index in [1.165, 1.54) is 0 Å². The van der Waals surface area contributed by atoms with E-state index >= 15 is 0 Å². The molecule has 1 amide bonds. The topological polar surface area (TPSA) is 70.1 Å². The maximum Gasteiger partial charge on any atom is 0.305 e. The van der Waals surface area contributed by atoms with Gasteiger partial charge in [-0.3, -0.25) is 14.5 Å². The number of hydrogen-bond donors (Lipinski definition) is 1. The van der Waals surface area contributed by atoms with E-state index in [4.69, 9.17) is 9.84 Å². The van der Waals surface area contributed by atoms with E-state index in [0.717, 1.165) is 52.1 Å². The second-order valence-corrected chi connectivity index (χ2v) is 5.55. The van der Waals surface area contributed by atoms with Crippen molar-refractivity contribution in [2.75, 3.05) is 45.9 Å². The zero-order valence-electron chi connectivity index (χ0n) is 11.9. The van der Waals surface area contributed by atoms with Crippen LogP contribution in [0.5, 0.6) is 0 Å². The lowest BCUT2D eigenvalue weighted by atomic mass is 10.2. The number of rotatable bonds is 8. The number of amides is 1. The van der Waals surface area contributed by atoms with Gasteiger partial charge in [-0.15, -0.1) is 0 Å². The summed E-state index contributed by atoms with van der Waals surface area (Å²) in [6.07, 6.45) is 2.87. The third-order valence-electron chi connectivity index (χ3n) is 3.84. The number of carbonyl (C=O) groups excluding carboxylic acids is 1. The van der Waals surface area contributed by atoms with Crippen LogP contribution in [0.4, 0.5) is 0 Å².